The molecule has 0 aromatic heterocycles. The van der Waals surface area contributed by atoms with E-state index in [2.05, 4.69) is 46.9 Å². The van der Waals surface area contributed by atoms with E-state index < -0.39 is 0 Å². The molecule has 1 aliphatic rings. The minimum atomic E-state index is -0.0559. The van der Waals surface area contributed by atoms with Crippen LogP contribution in [0.25, 0.3) is 0 Å². The number of nitrogens with one attached hydrogen (secondary N) is 1. The SMILES string of the molecule is CCOC1CC(NC(C)CC(C)(C)OC)C1(C)C. The van der Waals surface area contributed by atoms with Gasteiger partial charge in [-0.05, 0) is 40.5 Å². The molecule has 108 valence electrons. The fourth-order valence-electron chi connectivity index (χ4n) is 2.88. The lowest BCUT2D eigenvalue weighted by Crippen LogP contribution is -2.62. The third-order valence-electron chi connectivity index (χ3n) is 4.38. The Labute approximate surface area is 113 Å². The molecule has 0 saturated heterocycles. The first-order chi connectivity index (χ1) is 8.23. The third-order valence-corrected chi connectivity index (χ3v) is 4.38. The van der Waals surface area contributed by atoms with E-state index in [4.69, 9.17) is 9.47 Å². The number of methoxy groups -OCH3 is 1. The van der Waals surface area contributed by atoms with Crippen molar-refractivity contribution in [1.82, 2.24) is 5.32 Å². The Morgan fingerprint density at radius 2 is 2.00 bits per heavy atom. The lowest BCUT2D eigenvalue weighted by molar-refractivity contribution is -0.117. The summed E-state index contributed by atoms with van der Waals surface area (Å²) in [7, 11) is 1.78. The van der Waals surface area contributed by atoms with Gasteiger partial charge in [0.25, 0.3) is 0 Å². The molecule has 0 aromatic carbocycles. The van der Waals surface area contributed by atoms with Gasteiger partial charge in [-0.3, -0.25) is 0 Å². The highest BCUT2D eigenvalue weighted by Gasteiger charge is 2.49. The smallest absolute Gasteiger partial charge is 0.0655 e. The summed E-state index contributed by atoms with van der Waals surface area (Å²) in [6.45, 7) is 14.0. The molecule has 3 atom stereocenters. The Kier molecular flexibility index (Phi) is 5.22. The van der Waals surface area contributed by atoms with E-state index in [1.54, 1.807) is 7.11 Å². The molecule has 3 unspecified atom stereocenters. The highest BCUT2D eigenvalue weighted by molar-refractivity contribution is 5.03. The van der Waals surface area contributed by atoms with E-state index in [9.17, 15) is 0 Å². The van der Waals surface area contributed by atoms with E-state index in [0.717, 1.165) is 19.4 Å². The maximum Gasteiger partial charge on any atom is 0.0655 e. The van der Waals surface area contributed by atoms with Gasteiger partial charge in [-0.15, -0.1) is 0 Å². The Hall–Kier alpha value is -0.120. The molecule has 1 aliphatic carbocycles. The molecule has 0 amide bonds. The van der Waals surface area contributed by atoms with Gasteiger partial charge in [0, 0.05) is 31.2 Å². The quantitative estimate of drug-likeness (QED) is 0.760. The summed E-state index contributed by atoms with van der Waals surface area (Å²) in [6, 6.07) is 1.02. The Balaban J connectivity index is 2.41. The molecule has 18 heavy (non-hydrogen) atoms. The van der Waals surface area contributed by atoms with Crippen molar-refractivity contribution in [1.29, 1.82) is 0 Å². The van der Waals surface area contributed by atoms with Gasteiger partial charge in [0.15, 0.2) is 0 Å². The van der Waals surface area contributed by atoms with Crippen molar-refractivity contribution in [3.8, 4) is 0 Å². The fourth-order valence-corrected chi connectivity index (χ4v) is 2.88. The van der Waals surface area contributed by atoms with Crippen molar-refractivity contribution >= 4 is 0 Å². The van der Waals surface area contributed by atoms with Gasteiger partial charge >= 0.3 is 0 Å². The van der Waals surface area contributed by atoms with Gasteiger partial charge in [0.05, 0.1) is 11.7 Å². The van der Waals surface area contributed by atoms with Crippen LogP contribution >= 0.6 is 0 Å². The second-order valence-electron chi connectivity index (χ2n) is 6.79. The summed E-state index contributed by atoms with van der Waals surface area (Å²) in [6.07, 6.45) is 2.55. The lowest BCUT2D eigenvalue weighted by atomic mass is 9.64. The molecule has 1 fully saturated rings. The van der Waals surface area contributed by atoms with Crippen LogP contribution in [0.2, 0.25) is 0 Å². The fraction of sp³-hybridized carbons (Fsp3) is 1.00. The predicted molar refractivity (Wildman–Crippen MR) is 75.9 cm³/mol. The topological polar surface area (TPSA) is 30.5 Å². The Bertz CT molecular complexity index is 263. The Morgan fingerprint density at radius 3 is 2.44 bits per heavy atom. The molecule has 0 heterocycles. The molecular formula is C15H31NO2. The van der Waals surface area contributed by atoms with Gasteiger partial charge in [0.2, 0.25) is 0 Å². The number of hydrogen-bond donors (Lipinski definition) is 1. The maximum absolute atomic E-state index is 5.76. The average molecular weight is 257 g/mol. The second kappa shape index (κ2) is 5.89. The minimum Gasteiger partial charge on any atom is -0.379 e. The Morgan fingerprint density at radius 1 is 1.39 bits per heavy atom. The van der Waals surface area contributed by atoms with Crippen molar-refractivity contribution in [2.45, 2.75) is 78.2 Å². The summed E-state index contributed by atoms with van der Waals surface area (Å²) < 4.78 is 11.3. The lowest BCUT2D eigenvalue weighted by Gasteiger charge is -2.53. The van der Waals surface area contributed by atoms with Crippen LogP contribution in [0.5, 0.6) is 0 Å². The molecule has 1 saturated carbocycles. The zero-order chi connectivity index (χ0) is 14.0. The average Bonchev–Trinajstić information content (AvgIpc) is 2.27. The minimum absolute atomic E-state index is 0.0559. The van der Waals surface area contributed by atoms with Crippen molar-refractivity contribution in [3.05, 3.63) is 0 Å². The van der Waals surface area contributed by atoms with Crippen LogP contribution in [0.3, 0.4) is 0 Å². The molecule has 0 spiro atoms. The second-order valence-corrected chi connectivity index (χ2v) is 6.79. The summed E-state index contributed by atoms with van der Waals surface area (Å²) in [4.78, 5) is 0. The normalized spacial score (nSPS) is 28.8. The third kappa shape index (κ3) is 3.69. The van der Waals surface area contributed by atoms with Crippen LogP contribution in [0.4, 0.5) is 0 Å². The van der Waals surface area contributed by atoms with Gasteiger partial charge < -0.3 is 14.8 Å². The summed E-state index contributed by atoms with van der Waals surface area (Å²) in [5.74, 6) is 0. The molecule has 1 rings (SSSR count). The van der Waals surface area contributed by atoms with Crippen LogP contribution in [0.1, 0.15) is 54.4 Å². The van der Waals surface area contributed by atoms with Crippen molar-refractivity contribution in [2.75, 3.05) is 13.7 Å². The van der Waals surface area contributed by atoms with Gasteiger partial charge in [0.1, 0.15) is 0 Å². The maximum atomic E-state index is 5.76. The van der Waals surface area contributed by atoms with Crippen LogP contribution in [-0.2, 0) is 9.47 Å². The molecule has 1 N–H and O–H groups in total. The number of rotatable bonds is 7. The highest BCUT2D eigenvalue weighted by Crippen LogP contribution is 2.43. The molecule has 0 aliphatic heterocycles. The van der Waals surface area contributed by atoms with Crippen LogP contribution in [0.15, 0.2) is 0 Å². The standard InChI is InChI=1S/C15H31NO2/c1-8-18-13-9-12(15(13,5)6)16-11(2)10-14(3,4)17-7/h11-13,16H,8-10H2,1-7H3. The molecule has 0 bridgehead atoms. The van der Waals surface area contributed by atoms with Crippen LogP contribution in [-0.4, -0.2) is 37.5 Å². The van der Waals surface area contributed by atoms with Crippen molar-refractivity contribution < 1.29 is 9.47 Å². The summed E-state index contributed by atoms with van der Waals surface area (Å²) in [5, 5.41) is 3.73. The summed E-state index contributed by atoms with van der Waals surface area (Å²) in [5.41, 5.74) is 0.182. The molecule has 0 aromatic rings. The molecule has 0 radical (unpaired) electrons. The van der Waals surface area contributed by atoms with E-state index in [-0.39, 0.29) is 11.0 Å². The largest absolute Gasteiger partial charge is 0.379 e. The van der Waals surface area contributed by atoms with Gasteiger partial charge in [-0.1, -0.05) is 13.8 Å². The van der Waals surface area contributed by atoms with E-state index in [0.29, 0.717) is 18.2 Å². The van der Waals surface area contributed by atoms with Gasteiger partial charge in [-0.25, -0.2) is 0 Å². The van der Waals surface area contributed by atoms with Crippen molar-refractivity contribution in [3.63, 3.8) is 0 Å². The summed E-state index contributed by atoms with van der Waals surface area (Å²) >= 11 is 0. The number of ether oxygens (including phenoxy) is 2. The van der Waals surface area contributed by atoms with E-state index in [1.807, 2.05) is 0 Å². The van der Waals surface area contributed by atoms with Crippen LogP contribution < -0.4 is 5.32 Å². The first kappa shape index (κ1) is 15.9. The molecular weight excluding hydrogens is 226 g/mol. The van der Waals surface area contributed by atoms with Crippen molar-refractivity contribution in [2.24, 2.45) is 5.41 Å². The zero-order valence-corrected chi connectivity index (χ0v) is 13.2. The highest BCUT2D eigenvalue weighted by atomic mass is 16.5. The van der Waals surface area contributed by atoms with Gasteiger partial charge in [-0.2, -0.15) is 0 Å². The predicted octanol–water partition coefficient (Wildman–Crippen LogP) is 2.98. The van der Waals surface area contributed by atoms with E-state index in [1.165, 1.54) is 0 Å². The monoisotopic (exact) mass is 257 g/mol. The molecule has 3 nitrogen and oxygen atoms in total. The first-order valence-electron chi connectivity index (χ1n) is 7.15. The zero-order valence-electron chi connectivity index (χ0n) is 13.2. The number of hydrogen-bond acceptors (Lipinski definition) is 3. The first-order valence-corrected chi connectivity index (χ1v) is 7.15. The van der Waals surface area contributed by atoms with E-state index >= 15 is 0 Å². The molecule has 3 heteroatoms. The van der Waals surface area contributed by atoms with Crippen LogP contribution in [0, 0.1) is 5.41 Å².